The summed E-state index contributed by atoms with van der Waals surface area (Å²) in [6.45, 7) is 1.80. The third-order valence-electron chi connectivity index (χ3n) is 5.39. The highest BCUT2D eigenvalue weighted by molar-refractivity contribution is 5.95. The van der Waals surface area contributed by atoms with Gasteiger partial charge in [0.05, 0.1) is 30.1 Å². The van der Waals surface area contributed by atoms with Gasteiger partial charge in [-0.15, -0.1) is 0 Å². The summed E-state index contributed by atoms with van der Waals surface area (Å²) in [6, 6.07) is 15.7. The van der Waals surface area contributed by atoms with E-state index in [0.717, 1.165) is 16.5 Å². The minimum atomic E-state index is -0.409. The van der Waals surface area contributed by atoms with Crippen molar-refractivity contribution in [1.29, 1.82) is 0 Å². The Kier molecular flexibility index (Phi) is 7.46. The summed E-state index contributed by atoms with van der Waals surface area (Å²) < 4.78 is 14.6. The first kappa shape index (κ1) is 24.0. The summed E-state index contributed by atoms with van der Waals surface area (Å²) in [5.41, 5.74) is 9.07. The fourth-order valence-electron chi connectivity index (χ4n) is 3.62. The number of nitrogens with one attached hydrogen (secondary N) is 3. The second kappa shape index (κ2) is 10.9. The van der Waals surface area contributed by atoms with E-state index in [2.05, 4.69) is 26.2 Å². The number of amides is 1. The Balaban J connectivity index is 1.56. The molecule has 0 unspecified atom stereocenters. The lowest BCUT2D eigenvalue weighted by Crippen LogP contribution is -2.25. The molecule has 0 aliphatic rings. The highest BCUT2D eigenvalue weighted by atomic mass is 19.1. The molecule has 0 saturated heterocycles. The van der Waals surface area contributed by atoms with Crippen molar-refractivity contribution in [2.75, 3.05) is 24.0 Å². The molecule has 35 heavy (non-hydrogen) atoms. The van der Waals surface area contributed by atoms with Crippen molar-refractivity contribution in [3.8, 4) is 11.3 Å². The van der Waals surface area contributed by atoms with Crippen LogP contribution < -0.4 is 22.1 Å². The van der Waals surface area contributed by atoms with Crippen molar-refractivity contribution in [1.82, 2.24) is 15.4 Å². The Morgan fingerprint density at radius 3 is 2.80 bits per heavy atom. The van der Waals surface area contributed by atoms with Crippen LogP contribution in [0.5, 0.6) is 0 Å². The van der Waals surface area contributed by atoms with E-state index in [4.69, 9.17) is 15.8 Å². The summed E-state index contributed by atoms with van der Waals surface area (Å²) >= 11 is 0. The van der Waals surface area contributed by atoms with Crippen molar-refractivity contribution in [3.05, 3.63) is 83.3 Å². The fourth-order valence-corrected chi connectivity index (χ4v) is 3.62. The van der Waals surface area contributed by atoms with E-state index < -0.39 is 5.91 Å². The Hall–Kier alpha value is -4.12. The van der Waals surface area contributed by atoms with E-state index in [0.29, 0.717) is 33.8 Å². The standard InChI is InChI=1S/C25H25FN6O3/c1-15-11-17(4-5-19(15)25(34)32-35-10-9-33)21-6-7-22(31-27)24(30-21)29-14-18-12-16-3-2-8-28-23(16)13-20(18)26/h2-8,11-13,31,33H,9-10,14,27H2,1H3,(H,29,30)(H,32,34). The zero-order valence-electron chi connectivity index (χ0n) is 19.0. The van der Waals surface area contributed by atoms with Crippen LogP contribution >= 0.6 is 0 Å². The number of halogens is 1. The van der Waals surface area contributed by atoms with Gasteiger partial charge in [-0.25, -0.2) is 14.9 Å². The molecule has 6 N–H and O–H groups in total. The summed E-state index contributed by atoms with van der Waals surface area (Å²) in [7, 11) is 0. The second-order valence-corrected chi connectivity index (χ2v) is 7.76. The largest absolute Gasteiger partial charge is 0.394 e. The maximum Gasteiger partial charge on any atom is 0.275 e. The number of aliphatic hydroxyl groups excluding tert-OH is 1. The molecule has 4 aromatic rings. The molecular weight excluding hydrogens is 451 g/mol. The zero-order chi connectivity index (χ0) is 24.8. The first-order valence-electron chi connectivity index (χ1n) is 10.9. The predicted molar refractivity (Wildman–Crippen MR) is 132 cm³/mol. The van der Waals surface area contributed by atoms with Gasteiger partial charge in [0.1, 0.15) is 5.82 Å². The number of nitrogen functional groups attached to an aromatic ring is 1. The Labute approximate surface area is 201 Å². The molecule has 0 aliphatic heterocycles. The van der Waals surface area contributed by atoms with Gasteiger partial charge in [-0.2, -0.15) is 0 Å². The van der Waals surface area contributed by atoms with Crippen LogP contribution in [0.15, 0.2) is 60.8 Å². The van der Waals surface area contributed by atoms with Crippen LogP contribution in [-0.4, -0.2) is 34.2 Å². The highest BCUT2D eigenvalue weighted by Crippen LogP contribution is 2.27. The molecule has 9 nitrogen and oxygen atoms in total. The number of aryl methyl sites for hydroxylation is 1. The van der Waals surface area contributed by atoms with Crippen LogP contribution in [0.25, 0.3) is 22.2 Å². The molecule has 2 heterocycles. The lowest BCUT2D eigenvalue weighted by molar-refractivity contribution is 0.0168. The quantitative estimate of drug-likeness (QED) is 0.141. The number of rotatable bonds is 9. The number of carbonyl (C=O) groups excluding carboxylic acids is 1. The number of pyridine rings is 2. The summed E-state index contributed by atoms with van der Waals surface area (Å²) in [6.07, 6.45) is 1.63. The molecule has 10 heteroatoms. The number of nitrogens with two attached hydrogens (primary N) is 1. The van der Waals surface area contributed by atoms with Gasteiger partial charge >= 0.3 is 0 Å². The van der Waals surface area contributed by atoms with Gasteiger partial charge in [-0.3, -0.25) is 20.5 Å². The maximum absolute atomic E-state index is 14.6. The normalized spacial score (nSPS) is 10.9. The van der Waals surface area contributed by atoms with Crippen molar-refractivity contribution in [3.63, 3.8) is 0 Å². The van der Waals surface area contributed by atoms with E-state index in [-0.39, 0.29) is 25.6 Å². The summed E-state index contributed by atoms with van der Waals surface area (Å²) in [4.78, 5) is 26.0. The molecule has 180 valence electrons. The average Bonchev–Trinajstić information content (AvgIpc) is 2.87. The lowest BCUT2D eigenvalue weighted by atomic mass is 10.0. The van der Waals surface area contributed by atoms with Crippen LogP contribution in [0.1, 0.15) is 21.5 Å². The van der Waals surface area contributed by atoms with Gasteiger partial charge in [0, 0.05) is 40.9 Å². The molecule has 0 aliphatic carbocycles. The maximum atomic E-state index is 14.6. The number of benzene rings is 2. The van der Waals surface area contributed by atoms with Crippen LogP contribution in [0.3, 0.4) is 0 Å². The van der Waals surface area contributed by atoms with E-state index in [1.807, 2.05) is 12.1 Å². The SMILES string of the molecule is Cc1cc(-c2ccc(NN)c(NCc3cc4cccnc4cc3F)n2)ccc1C(=O)NOCCO. The number of fused-ring (bicyclic) bond motifs is 1. The fraction of sp³-hybridized carbons (Fsp3) is 0.160. The molecular formula is C25H25FN6O3. The van der Waals surface area contributed by atoms with Gasteiger partial charge in [-0.1, -0.05) is 12.1 Å². The monoisotopic (exact) mass is 476 g/mol. The van der Waals surface area contributed by atoms with Crippen LogP contribution in [0, 0.1) is 12.7 Å². The molecule has 4 rings (SSSR count). The number of hydrogen-bond acceptors (Lipinski definition) is 8. The number of hydroxylamine groups is 1. The summed E-state index contributed by atoms with van der Waals surface area (Å²) in [5.74, 6) is 5.33. The van der Waals surface area contributed by atoms with Crippen LogP contribution in [0.4, 0.5) is 15.9 Å². The zero-order valence-corrected chi connectivity index (χ0v) is 19.0. The van der Waals surface area contributed by atoms with Crippen molar-refractivity contribution >= 4 is 28.3 Å². The van der Waals surface area contributed by atoms with E-state index >= 15 is 0 Å². The van der Waals surface area contributed by atoms with Crippen molar-refractivity contribution in [2.45, 2.75) is 13.5 Å². The van der Waals surface area contributed by atoms with Crippen molar-refractivity contribution < 1.29 is 19.1 Å². The molecule has 0 atom stereocenters. The summed E-state index contributed by atoms with van der Waals surface area (Å²) in [5, 5.41) is 12.8. The molecule has 2 aromatic heterocycles. The second-order valence-electron chi connectivity index (χ2n) is 7.76. The van der Waals surface area contributed by atoms with Crippen LogP contribution in [-0.2, 0) is 11.4 Å². The molecule has 0 spiro atoms. The minimum absolute atomic E-state index is 0.00406. The number of hydrazine groups is 1. The third kappa shape index (κ3) is 5.52. The van der Waals surface area contributed by atoms with Crippen molar-refractivity contribution in [2.24, 2.45) is 5.84 Å². The van der Waals surface area contributed by atoms with E-state index in [1.54, 1.807) is 49.5 Å². The first-order valence-corrected chi connectivity index (χ1v) is 10.9. The van der Waals surface area contributed by atoms with Gasteiger partial charge in [0.2, 0.25) is 0 Å². The number of anilines is 2. The third-order valence-corrected chi connectivity index (χ3v) is 5.39. The van der Waals surface area contributed by atoms with Gasteiger partial charge in [0.15, 0.2) is 5.82 Å². The Morgan fingerprint density at radius 1 is 1.17 bits per heavy atom. The number of nitrogens with zero attached hydrogens (tertiary/aromatic N) is 2. The Morgan fingerprint density at radius 2 is 2.03 bits per heavy atom. The Bertz CT molecular complexity index is 1360. The molecule has 2 aromatic carbocycles. The molecule has 0 radical (unpaired) electrons. The molecule has 0 saturated carbocycles. The number of hydrogen-bond donors (Lipinski definition) is 5. The predicted octanol–water partition coefficient (Wildman–Crippen LogP) is 3.30. The average molecular weight is 477 g/mol. The number of aliphatic hydroxyl groups is 1. The highest BCUT2D eigenvalue weighted by Gasteiger charge is 2.13. The number of carbonyl (C=O) groups is 1. The lowest BCUT2D eigenvalue weighted by Gasteiger charge is -2.14. The minimum Gasteiger partial charge on any atom is -0.394 e. The van der Waals surface area contributed by atoms with Crippen LogP contribution in [0.2, 0.25) is 0 Å². The van der Waals surface area contributed by atoms with Gasteiger partial charge in [0.25, 0.3) is 5.91 Å². The van der Waals surface area contributed by atoms with E-state index in [9.17, 15) is 9.18 Å². The molecule has 1 amide bonds. The molecule has 0 fully saturated rings. The smallest absolute Gasteiger partial charge is 0.275 e. The first-order chi connectivity index (χ1) is 17.0. The van der Waals surface area contributed by atoms with Gasteiger partial charge in [-0.05, 0) is 48.9 Å². The topological polar surface area (TPSA) is 134 Å². The molecule has 0 bridgehead atoms. The number of aromatic nitrogens is 2. The van der Waals surface area contributed by atoms with Gasteiger partial charge < -0.3 is 15.8 Å². The van der Waals surface area contributed by atoms with E-state index in [1.165, 1.54) is 6.07 Å².